The molecule has 25 heavy (non-hydrogen) atoms. The van der Waals surface area contributed by atoms with Gasteiger partial charge in [-0.25, -0.2) is 13.1 Å². The molecule has 4 heteroatoms. The quantitative estimate of drug-likeness (QED) is 0.874. The van der Waals surface area contributed by atoms with E-state index in [2.05, 4.69) is 22.9 Å². The molecule has 2 aromatic carbocycles. The minimum Gasteiger partial charge on any atom is -0.207 e. The van der Waals surface area contributed by atoms with Gasteiger partial charge < -0.3 is 0 Å². The first-order valence-corrected chi connectivity index (χ1v) is 10.5. The largest absolute Gasteiger partial charge is 0.241 e. The van der Waals surface area contributed by atoms with E-state index < -0.39 is 10.0 Å². The first kappa shape index (κ1) is 18.2. The Morgan fingerprint density at radius 3 is 2.16 bits per heavy atom. The van der Waals surface area contributed by atoms with Gasteiger partial charge in [0.25, 0.3) is 0 Å². The maximum atomic E-state index is 12.9. The van der Waals surface area contributed by atoms with Crippen molar-refractivity contribution in [1.29, 1.82) is 0 Å². The van der Waals surface area contributed by atoms with E-state index in [0.29, 0.717) is 4.90 Å². The molecule has 1 aliphatic carbocycles. The maximum absolute atomic E-state index is 12.9. The van der Waals surface area contributed by atoms with Crippen LogP contribution in [0.1, 0.15) is 59.2 Å². The van der Waals surface area contributed by atoms with Crippen LogP contribution in [0.25, 0.3) is 0 Å². The van der Waals surface area contributed by atoms with Gasteiger partial charge in [-0.1, -0.05) is 35.9 Å². The number of hydrogen-bond donors (Lipinski definition) is 1. The Morgan fingerprint density at radius 1 is 0.920 bits per heavy atom. The first-order valence-electron chi connectivity index (χ1n) is 9.00. The Labute approximate surface area is 151 Å². The fourth-order valence-corrected chi connectivity index (χ4v) is 5.66. The van der Waals surface area contributed by atoms with Crippen molar-refractivity contribution in [3.05, 3.63) is 63.7 Å². The molecular weight excluding hydrogens is 330 g/mol. The van der Waals surface area contributed by atoms with Gasteiger partial charge in [0, 0.05) is 6.04 Å². The third-order valence-corrected chi connectivity index (χ3v) is 6.92. The van der Waals surface area contributed by atoms with Crippen molar-refractivity contribution in [1.82, 2.24) is 4.72 Å². The molecule has 0 saturated carbocycles. The first-order chi connectivity index (χ1) is 11.8. The van der Waals surface area contributed by atoms with Crippen LogP contribution < -0.4 is 4.72 Å². The summed E-state index contributed by atoms with van der Waals surface area (Å²) in [6.07, 6.45) is 4.70. The van der Waals surface area contributed by atoms with Crippen molar-refractivity contribution < 1.29 is 8.42 Å². The van der Waals surface area contributed by atoms with Crippen molar-refractivity contribution >= 4 is 10.0 Å². The van der Waals surface area contributed by atoms with Crippen LogP contribution in [0, 0.1) is 20.8 Å². The van der Waals surface area contributed by atoms with Gasteiger partial charge in [0.05, 0.1) is 4.90 Å². The van der Waals surface area contributed by atoms with Crippen LogP contribution in [-0.2, 0) is 22.9 Å². The summed E-state index contributed by atoms with van der Waals surface area (Å²) in [5, 5.41) is 0. The molecule has 134 valence electrons. The standard InChI is InChI=1S/C21H27NO2S/c1-14-11-15(2)21(16(3)12-14)25(23,24)22-17(4)19-10-9-18-7-5-6-8-20(18)13-19/h9-13,17,22H,5-8H2,1-4H3. The Bertz CT molecular complexity index is 877. The Balaban J connectivity index is 1.88. The highest BCUT2D eigenvalue weighted by atomic mass is 32.2. The van der Waals surface area contributed by atoms with Crippen LogP contribution in [0.3, 0.4) is 0 Å². The summed E-state index contributed by atoms with van der Waals surface area (Å²) in [5.74, 6) is 0. The van der Waals surface area contributed by atoms with Gasteiger partial charge in [0.2, 0.25) is 10.0 Å². The monoisotopic (exact) mass is 357 g/mol. The average molecular weight is 358 g/mol. The number of nitrogens with one attached hydrogen (secondary N) is 1. The minimum atomic E-state index is -3.56. The molecule has 0 amide bonds. The molecule has 2 aromatic rings. The van der Waals surface area contributed by atoms with Gasteiger partial charge in [-0.05, 0) is 81.2 Å². The average Bonchev–Trinajstić information content (AvgIpc) is 2.52. The third-order valence-electron chi connectivity index (χ3n) is 5.08. The van der Waals surface area contributed by atoms with Crippen LogP contribution in [0.5, 0.6) is 0 Å². The molecule has 1 aliphatic rings. The number of benzene rings is 2. The third kappa shape index (κ3) is 3.80. The summed E-state index contributed by atoms with van der Waals surface area (Å²) in [4.78, 5) is 0.405. The van der Waals surface area contributed by atoms with E-state index >= 15 is 0 Å². The summed E-state index contributed by atoms with van der Waals surface area (Å²) in [7, 11) is -3.56. The number of aryl methyl sites for hydroxylation is 5. The van der Waals surface area contributed by atoms with Gasteiger partial charge in [-0.15, -0.1) is 0 Å². The summed E-state index contributed by atoms with van der Waals surface area (Å²) >= 11 is 0. The topological polar surface area (TPSA) is 46.2 Å². The zero-order chi connectivity index (χ0) is 18.2. The molecule has 3 nitrogen and oxygen atoms in total. The van der Waals surface area contributed by atoms with Crippen molar-refractivity contribution in [3.63, 3.8) is 0 Å². The molecule has 0 aliphatic heterocycles. The summed E-state index contributed by atoms with van der Waals surface area (Å²) in [6.45, 7) is 7.62. The molecule has 0 fully saturated rings. The maximum Gasteiger partial charge on any atom is 0.241 e. The number of hydrogen-bond acceptors (Lipinski definition) is 2. The molecular formula is C21H27NO2S. The Kier molecular flexibility index (Phi) is 5.03. The van der Waals surface area contributed by atoms with Crippen molar-refractivity contribution in [2.75, 3.05) is 0 Å². The second kappa shape index (κ2) is 6.93. The van der Waals surface area contributed by atoms with E-state index in [4.69, 9.17) is 0 Å². The lowest BCUT2D eigenvalue weighted by Gasteiger charge is -2.21. The lowest BCUT2D eigenvalue weighted by atomic mass is 9.89. The normalized spacial score (nSPS) is 15.7. The van der Waals surface area contributed by atoms with Crippen molar-refractivity contribution in [3.8, 4) is 0 Å². The molecule has 1 atom stereocenters. The molecule has 0 saturated heterocycles. The van der Waals surface area contributed by atoms with Crippen molar-refractivity contribution in [2.24, 2.45) is 0 Å². The van der Waals surface area contributed by atoms with Crippen LogP contribution in [0.15, 0.2) is 35.2 Å². The molecule has 1 unspecified atom stereocenters. The Morgan fingerprint density at radius 2 is 1.52 bits per heavy atom. The second-order valence-corrected chi connectivity index (χ2v) is 8.96. The highest BCUT2D eigenvalue weighted by Gasteiger charge is 2.23. The fraction of sp³-hybridized carbons (Fsp3) is 0.429. The smallest absolute Gasteiger partial charge is 0.207 e. The Hall–Kier alpha value is -1.65. The van der Waals surface area contributed by atoms with Crippen LogP contribution in [0.2, 0.25) is 0 Å². The molecule has 0 radical (unpaired) electrons. The lowest BCUT2D eigenvalue weighted by molar-refractivity contribution is 0.565. The summed E-state index contributed by atoms with van der Waals surface area (Å²) in [6, 6.07) is 9.99. The zero-order valence-electron chi connectivity index (χ0n) is 15.5. The SMILES string of the molecule is Cc1cc(C)c(S(=O)(=O)NC(C)c2ccc3c(c2)CCCC3)c(C)c1. The fourth-order valence-electron chi connectivity index (χ4n) is 3.97. The summed E-state index contributed by atoms with van der Waals surface area (Å²) in [5.41, 5.74) is 6.49. The number of sulfonamides is 1. The van der Waals surface area contributed by atoms with Gasteiger partial charge in [-0.3, -0.25) is 0 Å². The van der Waals surface area contributed by atoms with Gasteiger partial charge >= 0.3 is 0 Å². The molecule has 1 N–H and O–H groups in total. The minimum absolute atomic E-state index is 0.252. The molecule has 0 heterocycles. The highest BCUT2D eigenvalue weighted by molar-refractivity contribution is 7.89. The molecule has 0 spiro atoms. The number of fused-ring (bicyclic) bond motifs is 1. The van der Waals surface area contributed by atoms with Gasteiger partial charge in [0.1, 0.15) is 0 Å². The van der Waals surface area contributed by atoms with Gasteiger partial charge in [0.15, 0.2) is 0 Å². The highest BCUT2D eigenvalue weighted by Crippen LogP contribution is 2.27. The van der Waals surface area contributed by atoms with E-state index in [-0.39, 0.29) is 6.04 Å². The molecule has 0 aromatic heterocycles. The predicted octanol–water partition coefficient (Wildman–Crippen LogP) is 4.53. The van der Waals surface area contributed by atoms with Crippen LogP contribution >= 0.6 is 0 Å². The zero-order valence-corrected chi connectivity index (χ0v) is 16.3. The summed E-state index contributed by atoms with van der Waals surface area (Å²) < 4.78 is 28.8. The predicted molar refractivity (Wildman–Crippen MR) is 102 cm³/mol. The lowest BCUT2D eigenvalue weighted by Crippen LogP contribution is -2.28. The second-order valence-electron chi connectivity index (χ2n) is 7.31. The van der Waals surface area contributed by atoms with Gasteiger partial charge in [-0.2, -0.15) is 0 Å². The van der Waals surface area contributed by atoms with E-state index in [1.165, 1.54) is 24.0 Å². The van der Waals surface area contributed by atoms with E-state index in [1.54, 1.807) is 0 Å². The van der Waals surface area contributed by atoms with E-state index in [9.17, 15) is 8.42 Å². The van der Waals surface area contributed by atoms with E-state index in [1.807, 2.05) is 39.8 Å². The van der Waals surface area contributed by atoms with E-state index in [0.717, 1.165) is 35.1 Å². The molecule has 0 bridgehead atoms. The number of rotatable bonds is 4. The van der Waals surface area contributed by atoms with Crippen LogP contribution in [0.4, 0.5) is 0 Å². The molecule has 3 rings (SSSR count). The van der Waals surface area contributed by atoms with Crippen molar-refractivity contribution in [2.45, 2.75) is 64.3 Å². The van der Waals surface area contributed by atoms with Crippen LogP contribution in [-0.4, -0.2) is 8.42 Å².